The number of benzene rings is 2. The van der Waals surface area contributed by atoms with Gasteiger partial charge in [0, 0.05) is 25.3 Å². The minimum atomic E-state index is -3.57. The molecule has 148 valence electrons. The zero-order chi connectivity index (χ0) is 19.9. The number of anilines is 1. The normalized spacial score (nSPS) is 17.6. The van der Waals surface area contributed by atoms with Crippen molar-refractivity contribution in [2.75, 3.05) is 24.5 Å². The van der Waals surface area contributed by atoms with Crippen LogP contribution >= 0.6 is 0 Å². The van der Waals surface area contributed by atoms with Crippen LogP contribution in [0.5, 0.6) is 0 Å². The van der Waals surface area contributed by atoms with E-state index >= 15 is 0 Å². The van der Waals surface area contributed by atoms with E-state index in [9.17, 15) is 22.0 Å². The number of halogens is 2. The summed E-state index contributed by atoms with van der Waals surface area (Å²) in [6.07, 6.45) is 2.88. The molecule has 5 nitrogen and oxygen atoms in total. The number of carbonyl (C=O) groups is 1. The highest BCUT2D eigenvalue weighted by Gasteiger charge is 2.31. The van der Waals surface area contributed by atoms with Crippen LogP contribution in [0.1, 0.15) is 35.2 Å². The van der Waals surface area contributed by atoms with Gasteiger partial charge in [-0.2, -0.15) is 4.31 Å². The Kier molecular flexibility index (Phi) is 4.93. The van der Waals surface area contributed by atoms with Gasteiger partial charge in [-0.25, -0.2) is 17.2 Å². The van der Waals surface area contributed by atoms with Gasteiger partial charge in [-0.15, -0.1) is 0 Å². The van der Waals surface area contributed by atoms with E-state index in [0.29, 0.717) is 43.7 Å². The van der Waals surface area contributed by atoms with E-state index in [2.05, 4.69) is 0 Å². The summed E-state index contributed by atoms with van der Waals surface area (Å²) in [5, 5.41) is 0. The molecule has 4 rings (SSSR count). The van der Waals surface area contributed by atoms with Gasteiger partial charge in [-0.05, 0) is 61.6 Å². The molecular formula is C20H20F2N2O3S. The van der Waals surface area contributed by atoms with Crippen LogP contribution < -0.4 is 4.90 Å². The van der Waals surface area contributed by atoms with Gasteiger partial charge in [0.1, 0.15) is 17.2 Å². The zero-order valence-electron chi connectivity index (χ0n) is 15.2. The Morgan fingerprint density at radius 2 is 1.61 bits per heavy atom. The van der Waals surface area contributed by atoms with Crippen LogP contribution in [-0.4, -0.2) is 38.3 Å². The molecule has 0 aliphatic carbocycles. The lowest BCUT2D eigenvalue weighted by molar-refractivity contribution is 0.0977. The summed E-state index contributed by atoms with van der Waals surface area (Å²) in [6.45, 7) is 1.34. The summed E-state index contributed by atoms with van der Waals surface area (Å²) in [5.74, 6) is -2.58. The number of hydrogen-bond acceptors (Lipinski definition) is 3. The molecular weight excluding hydrogens is 386 g/mol. The highest BCUT2D eigenvalue weighted by Crippen LogP contribution is 2.32. The highest BCUT2D eigenvalue weighted by molar-refractivity contribution is 7.89. The molecule has 28 heavy (non-hydrogen) atoms. The SMILES string of the molecule is O=C(c1c(F)cccc1F)N1CCCc2cc(S(=O)(=O)N3CCCC3)ccc21. The van der Waals surface area contributed by atoms with Gasteiger partial charge in [0.2, 0.25) is 10.0 Å². The van der Waals surface area contributed by atoms with E-state index in [4.69, 9.17) is 0 Å². The average Bonchev–Trinajstić information content (AvgIpc) is 3.22. The predicted molar refractivity (Wildman–Crippen MR) is 101 cm³/mol. The fourth-order valence-corrected chi connectivity index (χ4v) is 5.43. The molecule has 0 aromatic heterocycles. The minimum absolute atomic E-state index is 0.194. The second kappa shape index (κ2) is 7.25. The summed E-state index contributed by atoms with van der Waals surface area (Å²) < 4.78 is 55.2. The quantitative estimate of drug-likeness (QED) is 0.786. The maximum atomic E-state index is 14.1. The van der Waals surface area contributed by atoms with Crippen LogP contribution in [-0.2, 0) is 16.4 Å². The van der Waals surface area contributed by atoms with Crippen molar-refractivity contribution >= 4 is 21.6 Å². The maximum Gasteiger partial charge on any atom is 0.264 e. The summed E-state index contributed by atoms with van der Waals surface area (Å²) >= 11 is 0. The van der Waals surface area contributed by atoms with Crippen LogP contribution in [0.25, 0.3) is 0 Å². The smallest absolute Gasteiger partial charge is 0.264 e. The van der Waals surface area contributed by atoms with Gasteiger partial charge >= 0.3 is 0 Å². The molecule has 1 saturated heterocycles. The first-order chi connectivity index (χ1) is 13.4. The van der Waals surface area contributed by atoms with Crippen molar-refractivity contribution in [3.63, 3.8) is 0 Å². The van der Waals surface area contributed by atoms with Crippen molar-refractivity contribution in [3.05, 3.63) is 59.2 Å². The predicted octanol–water partition coefficient (Wildman–Crippen LogP) is 3.34. The molecule has 2 aromatic carbocycles. The van der Waals surface area contributed by atoms with Crippen LogP contribution in [0.15, 0.2) is 41.3 Å². The second-order valence-corrected chi connectivity index (χ2v) is 9.00. The number of amides is 1. The van der Waals surface area contributed by atoms with E-state index in [1.54, 1.807) is 12.1 Å². The van der Waals surface area contributed by atoms with E-state index in [1.807, 2.05) is 0 Å². The number of rotatable bonds is 3. The highest BCUT2D eigenvalue weighted by atomic mass is 32.2. The summed E-state index contributed by atoms with van der Waals surface area (Å²) in [4.78, 5) is 14.3. The molecule has 2 aromatic rings. The van der Waals surface area contributed by atoms with E-state index < -0.39 is 33.1 Å². The van der Waals surface area contributed by atoms with Crippen LogP contribution in [0, 0.1) is 11.6 Å². The number of carbonyl (C=O) groups excluding carboxylic acids is 1. The van der Waals surface area contributed by atoms with Crippen molar-refractivity contribution in [1.29, 1.82) is 0 Å². The van der Waals surface area contributed by atoms with Crippen LogP contribution in [0.4, 0.5) is 14.5 Å². The molecule has 2 aliphatic heterocycles. The molecule has 0 N–H and O–H groups in total. The first-order valence-electron chi connectivity index (χ1n) is 9.28. The van der Waals surface area contributed by atoms with Crippen molar-refractivity contribution in [2.24, 2.45) is 0 Å². The number of nitrogens with zero attached hydrogens (tertiary/aromatic N) is 2. The third kappa shape index (κ3) is 3.20. The van der Waals surface area contributed by atoms with Gasteiger partial charge in [0.25, 0.3) is 5.91 Å². The number of fused-ring (bicyclic) bond motifs is 1. The van der Waals surface area contributed by atoms with Crippen molar-refractivity contribution in [3.8, 4) is 0 Å². The van der Waals surface area contributed by atoms with E-state index in [-0.39, 0.29) is 4.90 Å². The topological polar surface area (TPSA) is 57.7 Å². The Morgan fingerprint density at radius 3 is 2.29 bits per heavy atom. The van der Waals surface area contributed by atoms with E-state index in [1.165, 1.54) is 21.3 Å². The summed E-state index contributed by atoms with van der Waals surface area (Å²) in [5.41, 5.74) is 0.597. The third-order valence-electron chi connectivity index (χ3n) is 5.29. The Labute approximate surface area is 162 Å². The molecule has 1 amide bonds. The van der Waals surface area contributed by atoms with E-state index in [0.717, 1.165) is 25.0 Å². The number of aryl methyl sites for hydroxylation is 1. The van der Waals surface area contributed by atoms with Crippen molar-refractivity contribution < 1.29 is 22.0 Å². The van der Waals surface area contributed by atoms with Crippen molar-refractivity contribution in [2.45, 2.75) is 30.6 Å². The molecule has 2 aliphatic rings. The number of hydrogen-bond donors (Lipinski definition) is 0. The lowest BCUT2D eigenvalue weighted by atomic mass is 10.0. The van der Waals surface area contributed by atoms with Gasteiger partial charge in [0.15, 0.2) is 0 Å². The molecule has 0 bridgehead atoms. The van der Waals surface area contributed by atoms with Crippen molar-refractivity contribution in [1.82, 2.24) is 4.31 Å². The second-order valence-electron chi connectivity index (χ2n) is 7.06. The molecule has 1 fully saturated rings. The van der Waals surface area contributed by atoms with Gasteiger partial charge in [-0.1, -0.05) is 6.07 Å². The molecule has 0 unspecified atom stereocenters. The average molecular weight is 406 g/mol. The molecule has 2 heterocycles. The third-order valence-corrected chi connectivity index (χ3v) is 7.19. The summed E-state index contributed by atoms with van der Waals surface area (Å²) in [6, 6.07) is 7.92. The Balaban J connectivity index is 1.70. The lowest BCUT2D eigenvalue weighted by Gasteiger charge is -2.30. The van der Waals surface area contributed by atoms with Gasteiger partial charge < -0.3 is 4.90 Å². The Bertz CT molecular complexity index is 1010. The molecule has 8 heteroatoms. The Hall–Kier alpha value is -2.32. The molecule has 0 radical (unpaired) electrons. The fourth-order valence-electron chi connectivity index (χ4n) is 3.86. The Morgan fingerprint density at radius 1 is 0.929 bits per heavy atom. The monoisotopic (exact) mass is 406 g/mol. The molecule has 0 atom stereocenters. The minimum Gasteiger partial charge on any atom is -0.308 e. The molecule has 0 spiro atoms. The van der Waals surface area contributed by atoms with Gasteiger partial charge in [0.05, 0.1) is 4.90 Å². The summed E-state index contributed by atoms with van der Waals surface area (Å²) in [7, 11) is -3.57. The lowest BCUT2D eigenvalue weighted by Crippen LogP contribution is -2.36. The molecule has 0 saturated carbocycles. The largest absolute Gasteiger partial charge is 0.308 e. The first kappa shape index (κ1) is 19.0. The van der Waals surface area contributed by atoms with Crippen LogP contribution in [0.3, 0.4) is 0 Å². The fraction of sp³-hybridized carbons (Fsp3) is 0.350. The standard InChI is InChI=1S/C20H20F2N2O3S/c21-16-6-3-7-17(22)19(16)20(25)24-12-4-5-14-13-15(8-9-18(14)24)28(26,27)23-10-1-2-11-23/h3,6-9,13H,1-2,4-5,10-12H2. The zero-order valence-corrected chi connectivity index (χ0v) is 16.0. The maximum absolute atomic E-state index is 14.1. The number of sulfonamides is 1. The first-order valence-corrected chi connectivity index (χ1v) is 10.7. The van der Waals surface area contributed by atoms with Crippen LogP contribution in [0.2, 0.25) is 0 Å². The van der Waals surface area contributed by atoms with Gasteiger partial charge in [-0.3, -0.25) is 4.79 Å².